The van der Waals surface area contributed by atoms with Crippen molar-refractivity contribution in [3.63, 3.8) is 0 Å². The number of nitrogens with one attached hydrogen (secondary N) is 2. The lowest BCUT2D eigenvalue weighted by Crippen LogP contribution is -2.19. The number of hydrogen-bond acceptors (Lipinski definition) is 6. The van der Waals surface area contributed by atoms with E-state index < -0.39 is 0 Å². The summed E-state index contributed by atoms with van der Waals surface area (Å²) in [6, 6.07) is 0.804. The van der Waals surface area contributed by atoms with Crippen LogP contribution in [0.4, 0.5) is 6.01 Å². The minimum absolute atomic E-state index is 0.0854. The molecule has 0 aliphatic carbocycles. The standard InChI is InChI=1S/C12H24N4O2/c1-5-7-13-10(3)11-15-16-12(18-11)14-9(2)6-8-17-4/h9-10,13H,5-8H2,1-4H3,(H,14,16). The van der Waals surface area contributed by atoms with Crippen LogP contribution in [0.5, 0.6) is 0 Å². The van der Waals surface area contributed by atoms with E-state index in [1.807, 2.05) is 6.92 Å². The number of nitrogens with zero attached hydrogens (tertiary/aromatic N) is 2. The van der Waals surface area contributed by atoms with Crippen molar-refractivity contribution in [2.24, 2.45) is 0 Å². The molecule has 1 heterocycles. The highest BCUT2D eigenvalue weighted by molar-refractivity contribution is 5.19. The van der Waals surface area contributed by atoms with Crippen LogP contribution in [-0.4, -0.2) is 36.5 Å². The van der Waals surface area contributed by atoms with Crippen LogP contribution < -0.4 is 10.6 Å². The van der Waals surface area contributed by atoms with Gasteiger partial charge in [-0.15, -0.1) is 5.10 Å². The molecule has 6 nitrogen and oxygen atoms in total. The van der Waals surface area contributed by atoms with Crippen LogP contribution in [0.25, 0.3) is 0 Å². The zero-order valence-electron chi connectivity index (χ0n) is 11.7. The molecule has 2 N–H and O–H groups in total. The van der Waals surface area contributed by atoms with E-state index in [2.05, 4.69) is 34.7 Å². The van der Waals surface area contributed by atoms with Crippen LogP contribution in [0.1, 0.15) is 45.5 Å². The van der Waals surface area contributed by atoms with Crippen LogP contribution in [-0.2, 0) is 4.74 Å². The number of hydrogen-bond donors (Lipinski definition) is 2. The third kappa shape index (κ3) is 5.01. The van der Waals surface area contributed by atoms with Crippen LogP contribution in [0.3, 0.4) is 0 Å². The molecule has 0 aromatic carbocycles. The Morgan fingerprint density at radius 2 is 2.11 bits per heavy atom. The molecular weight excluding hydrogens is 232 g/mol. The summed E-state index contributed by atoms with van der Waals surface area (Å²) in [6.07, 6.45) is 1.98. The zero-order chi connectivity index (χ0) is 13.4. The molecule has 1 aromatic rings. The normalized spacial score (nSPS) is 14.4. The molecule has 104 valence electrons. The number of anilines is 1. The number of rotatable bonds is 9. The Morgan fingerprint density at radius 3 is 2.78 bits per heavy atom. The number of ether oxygens (including phenoxy) is 1. The van der Waals surface area contributed by atoms with E-state index >= 15 is 0 Å². The van der Waals surface area contributed by atoms with Crippen LogP contribution in [0.2, 0.25) is 0 Å². The molecule has 0 bridgehead atoms. The van der Waals surface area contributed by atoms with Crippen molar-refractivity contribution in [2.45, 2.75) is 45.7 Å². The molecule has 0 aliphatic heterocycles. The first kappa shape index (κ1) is 14.9. The van der Waals surface area contributed by atoms with E-state index in [0.29, 0.717) is 18.5 Å². The third-order valence-corrected chi connectivity index (χ3v) is 2.64. The van der Waals surface area contributed by atoms with Crippen LogP contribution in [0, 0.1) is 0 Å². The first-order chi connectivity index (χ1) is 8.67. The van der Waals surface area contributed by atoms with Gasteiger partial charge < -0.3 is 19.8 Å². The summed E-state index contributed by atoms with van der Waals surface area (Å²) in [4.78, 5) is 0. The van der Waals surface area contributed by atoms with Gasteiger partial charge in [0.25, 0.3) is 0 Å². The molecule has 0 saturated carbocycles. The Bertz CT molecular complexity index is 330. The maximum absolute atomic E-state index is 5.56. The fourth-order valence-corrected chi connectivity index (χ4v) is 1.49. The molecule has 2 unspecified atom stereocenters. The van der Waals surface area contributed by atoms with Crippen molar-refractivity contribution in [3.8, 4) is 0 Å². The predicted octanol–water partition coefficient (Wildman–Crippen LogP) is 1.97. The fraction of sp³-hybridized carbons (Fsp3) is 0.833. The largest absolute Gasteiger partial charge is 0.406 e. The summed E-state index contributed by atoms with van der Waals surface area (Å²) in [5.41, 5.74) is 0. The summed E-state index contributed by atoms with van der Waals surface area (Å²) in [5, 5.41) is 14.5. The lowest BCUT2D eigenvalue weighted by Gasteiger charge is -2.11. The van der Waals surface area contributed by atoms with Gasteiger partial charge in [0.1, 0.15) is 0 Å². The molecule has 1 aromatic heterocycles. The van der Waals surface area contributed by atoms with E-state index in [1.54, 1.807) is 7.11 Å². The molecule has 2 atom stereocenters. The molecule has 6 heteroatoms. The molecule has 0 radical (unpaired) electrons. The maximum atomic E-state index is 5.56. The highest BCUT2D eigenvalue weighted by Gasteiger charge is 2.14. The Labute approximate surface area is 108 Å². The van der Waals surface area contributed by atoms with Crippen LogP contribution in [0.15, 0.2) is 4.42 Å². The first-order valence-corrected chi connectivity index (χ1v) is 6.49. The average Bonchev–Trinajstić information content (AvgIpc) is 2.82. The maximum Gasteiger partial charge on any atom is 0.315 e. The van der Waals surface area contributed by atoms with Crippen molar-refractivity contribution < 1.29 is 9.15 Å². The Balaban J connectivity index is 2.42. The minimum atomic E-state index is 0.0854. The number of aromatic nitrogens is 2. The second-order valence-electron chi connectivity index (χ2n) is 4.45. The Kier molecular flexibility index (Phi) is 6.67. The van der Waals surface area contributed by atoms with E-state index in [1.165, 1.54) is 0 Å². The molecular formula is C12H24N4O2. The molecule has 0 fully saturated rings. The molecule has 0 amide bonds. The Hall–Kier alpha value is -1.14. The monoisotopic (exact) mass is 256 g/mol. The topological polar surface area (TPSA) is 72.2 Å². The van der Waals surface area contributed by atoms with Crippen molar-refractivity contribution in [3.05, 3.63) is 5.89 Å². The van der Waals surface area contributed by atoms with Gasteiger partial charge >= 0.3 is 6.01 Å². The van der Waals surface area contributed by atoms with Gasteiger partial charge in [0.05, 0.1) is 6.04 Å². The minimum Gasteiger partial charge on any atom is -0.406 e. The summed E-state index contributed by atoms with van der Waals surface area (Å²) < 4.78 is 10.6. The van der Waals surface area contributed by atoms with Gasteiger partial charge in [-0.3, -0.25) is 0 Å². The van der Waals surface area contributed by atoms with Gasteiger partial charge in [-0.05, 0) is 33.2 Å². The van der Waals surface area contributed by atoms with Crippen LogP contribution >= 0.6 is 0 Å². The second-order valence-corrected chi connectivity index (χ2v) is 4.45. The number of methoxy groups -OCH3 is 1. The van der Waals surface area contributed by atoms with Gasteiger partial charge in [-0.1, -0.05) is 12.0 Å². The smallest absolute Gasteiger partial charge is 0.315 e. The molecule has 1 rings (SSSR count). The van der Waals surface area contributed by atoms with E-state index in [4.69, 9.17) is 9.15 Å². The predicted molar refractivity (Wildman–Crippen MR) is 70.6 cm³/mol. The first-order valence-electron chi connectivity index (χ1n) is 6.49. The van der Waals surface area contributed by atoms with E-state index in [9.17, 15) is 0 Å². The second kappa shape index (κ2) is 8.05. The molecule has 0 spiro atoms. The van der Waals surface area contributed by atoms with Crippen molar-refractivity contribution in [2.75, 3.05) is 25.6 Å². The van der Waals surface area contributed by atoms with Gasteiger partial charge in [0.15, 0.2) is 0 Å². The third-order valence-electron chi connectivity index (χ3n) is 2.64. The van der Waals surface area contributed by atoms with Crippen molar-refractivity contribution >= 4 is 6.01 Å². The lowest BCUT2D eigenvalue weighted by atomic mass is 10.2. The quantitative estimate of drug-likeness (QED) is 0.704. The van der Waals surface area contributed by atoms with Gasteiger partial charge in [-0.25, -0.2) is 0 Å². The SMILES string of the molecule is CCCNC(C)c1nnc(NC(C)CCOC)o1. The zero-order valence-corrected chi connectivity index (χ0v) is 11.7. The molecule has 18 heavy (non-hydrogen) atoms. The van der Waals surface area contributed by atoms with Gasteiger partial charge in [0.2, 0.25) is 5.89 Å². The molecule has 0 aliphatic rings. The van der Waals surface area contributed by atoms with E-state index in [0.717, 1.165) is 19.4 Å². The average molecular weight is 256 g/mol. The summed E-state index contributed by atoms with van der Waals surface area (Å²) >= 11 is 0. The lowest BCUT2D eigenvalue weighted by molar-refractivity contribution is 0.191. The van der Waals surface area contributed by atoms with Gasteiger partial charge in [-0.2, -0.15) is 0 Å². The fourth-order valence-electron chi connectivity index (χ4n) is 1.49. The summed E-state index contributed by atoms with van der Waals surface area (Å²) in [7, 11) is 1.69. The Morgan fingerprint density at radius 1 is 1.33 bits per heavy atom. The van der Waals surface area contributed by atoms with Crippen molar-refractivity contribution in [1.82, 2.24) is 15.5 Å². The summed E-state index contributed by atoms with van der Waals surface area (Å²) in [5.74, 6) is 0.616. The highest BCUT2D eigenvalue weighted by Crippen LogP contribution is 2.14. The van der Waals surface area contributed by atoms with E-state index in [-0.39, 0.29) is 12.1 Å². The molecule has 0 saturated heterocycles. The van der Waals surface area contributed by atoms with Crippen molar-refractivity contribution in [1.29, 1.82) is 0 Å². The summed E-state index contributed by atoms with van der Waals surface area (Å²) in [6.45, 7) is 7.85. The highest BCUT2D eigenvalue weighted by atomic mass is 16.5. The van der Waals surface area contributed by atoms with Gasteiger partial charge in [0, 0.05) is 19.8 Å².